The van der Waals surface area contributed by atoms with E-state index in [1.807, 2.05) is 42.1 Å². The van der Waals surface area contributed by atoms with Crippen LogP contribution in [-0.2, 0) is 10.5 Å². The van der Waals surface area contributed by atoms with Gasteiger partial charge in [-0.05, 0) is 34.4 Å². The fourth-order valence-electron chi connectivity index (χ4n) is 2.19. The Balaban J connectivity index is 1.70. The predicted octanol–water partition coefficient (Wildman–Crippen LogP) is 4.29. The number of carbonyl (C=O) groups excluding carboxylic acids is 1. The Hall–Kier alpha value is -1.26. The molecule has 0 radical (unpaired) electrons. The number of rotatable bonds is 8. The van der Waals surface area contributed by atoms with Crippen molar-refractivity contribution in [1.29, 1.82) is 0 Å². The molecule has 1 amide bonds. The molecule has 1 heterocycles. The molecule has 1 aromatic heterocycles. The summed E-state index contributed by atoms with van der Waals surface area (Å²) in [6, 6.07) is 12.2. The summed E-state index contributed by atoms with van der Waals surface area (Å²) in [7, 11) is 0. The van der Waals surface area contributed by atoms with E-state index in [9.17, 15) is 4.79 Å². The fraction of sp³-hybridized carbons (Fsp3) is 0.353. The van der Waals surface area contributed by atoms with Gasteiger partial charge in [0.25, 0.3) is 0 Å². The molecule has 0 unspecified atom stereocenters. The molecule has 0 saturated heterocycles. The standard InChI is InChI=1S/C17H21NOS2/c1-2-16(15-6-4-3-5-7-15)17(19)18-9-11-21-13-14-8-10-20-12-14/h3-8,10,12,16H,2,9,11,13H2,1H3,(H,18,19)/t16-/m0/s1. The summed E-state index contributed by atoms with van der Waals surface area (Å²) in [4.78, 5) is 12.2. The molecule has 0 bridgehead atoms. The first-order valence-electron chi connectivity index (χ1n) is 7.22. The molecule has 1 N–H and O–H groups in total. The lowest BCUT2D eigenvalue weighted by Gasteiger charge is -2.15. The van der Waals surface area contributed by atoms with E-state index in [2.05, 4.69) is 29.1 Å². The number of thioether (sulfide) groups is 1. The predicted molar refractivity (Wildman–Crippen MR) is 93.0 cm³/mol. The molecule has 0 fully saturated rings. The van der Waals surface area contributed by atoms with E-state index in [1.165, 1.54) is 5.56 Å². The third-order valence-corrected chi connectivity index (χ3v) is 5.08. The van der Waals surface area contributed by atoms with E-state index >= 15 is 0 Å². The van der Waals surface area contributed by atoms with Crippen LogP contribution in [0.5, 0.6) is 0 Å². The first-order chi connectivity index (χ1) is 10.3. The summed E-state index contributed by atoms with van der Waals surface area (Å²) in [6.45, 7) is 2.79. The van der Waals surface area contributed by atoms with Crippen molar-refractivity contribution in [3.8, 4) is 0 Å². The maximum atomic E-state index is 12.2. The largest absolute Gasteiger partial charge is 0.355 e. The minimum Gasteiger partial charge on any atom is -0.355 e. The highest BCUT2D eigenvalue weighted by Crippen LogP contribution is 2.19. The maximum absolute atomic E-state index is 12.2. The number of benzene rings is 1. The first-order valence-corrected chi connectivity index (χ1v) is 9.32. The van der Waals surface area contributed by atoms with Crippen LogP contribution in [-0.4, -0.2) is 18.2 Å². The van der Waals surface area contributed by atoms with Gasteiger partial charge in [-0.25, -0.2) is 0 Å². The second-order valence-electron chi connectivity index (χ2n) is 4.85. The van der Waals surface area contributed by atoms with Gasteiger partial charge in [0.1, 0.15) is 0 Å². The zero-order valence-electron chi connectivity index (χ0n) is 12.2. The molecule has 0 saturated carbocycles. The van der Waals surface area contributed by atoms with Gasteiger partial charge in [-0.15, -0.1) is 0 Å². The van der Waals surface area contributed by atoms with E-state index < -0.39 is 0 Å². The SMILES string of the molecule is CC[C@H](C(=O)NCCSCc1ccsc1)c1ccccc1. The van der Waals surface area contributed by atoms with Gasteiger partial charge in [0.05, 0.1) is 5.92 Å². The fourth-order valence-corrected chi connectivity index (χ4v) is 3.77. The molecule has 0 aliphatic heterocycles. The highest BCUT2D eigenvalue weighted by atomic mass is 32.2. The highest BCUT2D eigenvalue weighted by molar-refractivity contribution is 7.98. The summed E-state index contributed by atoms with van der Waals surface area (Å²) in [6.07, 6.45) is 0.831. The molecule has 112 valence electrons. The average Bonchev–Trinajstić information content (AvgIpc) is 3.02. The van der Waals surface area contributed by atoms with Gasteiger partial charge in [0, 0.05) is 18.1 Å². The van der Waals surface area contributed by atoms with Crippen LogP contribution in [0.15, 0.2) is 47.2 Å². The van der Waals surface area contributed by atoms with Crippen molar-refractivity contribution in [2.75, 3.05) is 12.3 Å². The average molecular weight is 319 g/mol. The maximum Gasteiger partial charge on any atom is 0.227 e. The van der Waals surface area contributed by atoms with Crippen LogP contribution < -0.4 is 5.32 Å². The Bertz CT molecular complexity index is 525. The topological polar surface area (TPSA) is 29.1 Å². The number of hydrogen-bond donors (Lipinski definition) is 1. The minimum absolute atomic E-state index is 0.0342. The lowest BCUT2D eigenvalue weighted by Crippen LogP contribution is -2.30. The van der Waals surface area contributed by atoms with Crippen molar-refractivity contribution in [2.24, 2.45) is 0 Å². The monoisotopic (exact) mass is 319 g/mol. The van der Waals surface area contributed by atoms with Gasteiger partial charge in [0.2, 0.25) is 5.91 Å². The second-order valence-corrected chi connectivity index (χ2v) is 6.73. The molecule has 2 aromatic rings. The lowest BCUT2D eigenvalue weighted by atomic mass is 9.96. The Morgan fingerprint density at radius 3 is 2.76 bits per heavy atom. The number of nitrogens with one attached hydrogen (secondary N) is 1. The van der Waals surface area contributed by atoms with Gasteiger partial charge >= 0.3 is 0 Å². The van der Waals surface area contributed by atoms with Gasteiger partial charge in [-0.3, -0.25) is 4.79 Å². The zero-order chi connectivity index (χ0) is 14.9. The molecule has 0 aliphatic carbocycles. The Morgan fingerprint density at radius 2 is 2.10 bits per heavy atom. The second kappa shape index (κ2) is 8.90. The summed E-state index contributed by atoms with van der Waals surface area (Å²) in [5, 5.41) is 7.33. The minimum atomic E-state index is -0.0342. The van der Waals surface area contributed by atoms with Gasteiger partial charge < -0.3 is 5.32 Å². The van der Waals surface area contributed by atoms with Gasteiger partial charge in [-0.2, -0.15) is 23.1 Å². The van der Waals surface area contributed by atoms with Gasteiger partial charge in [0.15, 0.2) is 0 Å². The molecule has 1 aromatic carbocycles. The molecule has 21 heavy (non-hydrogen) atoms. The molecular formula is C17H21NOS2. The normalized spacial score (nSPS) is 12.0. The van der Waals surface area contributed by atoms with Crippen molar-refractivity contribution in [2.45, 2.75) is 25.0 Å². The van der Waals surface area contributed by atoms with E-state index in [-0.39, 0.29) is 11.8 Å². The third-order valence-electron chi connectivity index (χ3n) is 3.32. The zero-order valence-corrected chi connectivity index (χ0v) is 13.9. The molecule has 0 aliphatic rings. The number of thiophene rings is 1. The molecule has 0 spiro atoms. The van der Waals surface area contributed by atoms with E-state index in [1.54, 1.807) is 11.3 Å². The highest BCUT2D eigenvalue weighted by Gasteiger charge is 2.17. The van der Waals surface area contributed by atoms with Crippen molar-refractivity contribution in [3.05, 3.63) is 58.3 Å². The van der Waals surface area contributed by atoms with E-state index in [0.717, 1.165) is 30.0 Å². The lowest BCUT2D eigenvalue weighted by molar-refractivity contribution is -0.122. The van der Waals surface area contributed by atoms with Crippen LogP contribution >= 0.6 is 23.1 Å². The summed E-state index contributed by atoms with van der Waals surface area (Å²) < 4.78 is 0. The quantitative estimate of drug-likeness (QED) is 0.735. The number of carbonyl (C=O) groups is 1. The smallest absolute Gasteiger partial charge is 0.227 e. The molecule has 2 rings (SSSR count). The summed E-state index contributed by atoms with van der Waals surface area (Å²) in [5.74, 6) is 2.08. The van der Waals surface area contributed by atoms with Crippen molar-refractivity contribution in [1.82, 2.24) is 5.32 Å². The number of amides is 1. The molecule has 1 atom stereocenters. The van der Waals surface area contributed by atoms with Crippen molar-refractivity contribution >= 4 is 29.0 Å². The number of hydrogen-bond acceptors (Lipinski definition) is 3. The molecule has 4 heteroatoms. The molecular weight excluding hydrogens is 298 g/mol. The van der Waals surface area contributed by atoms with Crippen molar-refractivity contribution in [3.63, 3.8) is 0 Å². The van der Waals surface area contributed by atoms with Gasteiger partial charge in [-0.1, -0.05) is 37.3 Å². The Kier molecular flexibility index (Phi) is 6.83. The van der Waals surface area contributed by atoms with E-state index in [4.69, 9.17) is 0 Å². The first kappa shape index (κ1) is 16.1. The van der Waals surface area contributed by atoms with Crippen LogP contribution in [0.2, 0.25) is 0 Å². The van der Waals surface area contributed by atoms with E-state index in [0.29, 0.717) is 0 Å². The molecule has 2 nitrogen and oxygen atoms in total. The third kappa shape index (κ3) is 5.21. The summed E-state index contributed by atoms with van der Waals surface area (Å²) in [5.41, 5.74) is 2.47. The van der Waals surface area contributed by atoms with Crippen LogP contribution in [0.1, 0.15) is 30.4 Å². The van der Waals surface area contributed by atoms with Crippen LogP contribution in [0.3, 0.4) is 0 Å². The van der Waals surface area contributed by atoms with Crippen LogP contribution in [0.4, 0.5) is 0 Å². The van der Waals surface area contributed by atoms with Crippen molar-refractivity contribution < 1.29 is 4.79 Å². The summed E-state index contributed by atoms with van der Waals surface area (Å²) >= 11 is 3.59. The Morgan fingerprint density at radius 1 is 1.29 bits per heavy atom. The van der Waals surface area contributed by atoms with Crippen LogP contribution in [0, 0.1) is 0 Å². The Labute approximate surface area is 135 Å². The van der Waals surface area contributed by atoms with Crippen LogP contribution in [0.25, 0.3) is 0 Å².